The van der Waals surface area contributed by atoms with Crippen LogP contribution in [-0.2, 0) is 22.9 Å². The van der Waals surface area contributed by atoms with Crippen molar-refractivity contribution in [1.29, 1.82) is 0 Å². The molecular weight excluding hydrogens is 420 g/mol. The van der Waals surface area contributed by atoms with Crippen LogP contribution in [0.1, 0.15) is 57.6 Å². The molecule has 4 rings (SSSR count). The summed E-state index contributed by atoms with van der Waals surface area (Å²) in [5.41, 5.74) is 6.22. The van der Waals surface area contributed by atoms with E-state index < -0.39 is 10.0 Å². The first-order chi connectivity index (χ1) is 15.2. The summed E-state index contributed by atoms with van der Waals surface area (Å²) in [7, 11) is -3.83. The number of aryl methyl sites for hydroxylation is 4. The molecular formula is C26H28N2O3S. The van der Waals surface area contributed by atoms with Crippen molar-refractivity contribution in [1.82, 2.24) is 5.32 Å². The van der Waals surface area contributed by atoms with Crippen LogP contribution in [0.15, 0.2) is 65.6 Å². The molecule has 166 valence electrons. The van der Waals surface area contributed by atoms with Crippen LogP contribution in [-0.4, -0.2) is 14.3 Å². The number of rotatable bonds is 6. The lowest BCUT2D eigenvalue weighted by Gasteiger charge is -2.17. The number of amides is 1. The average Bonchev–Trinajstić information content (AvgIpc) is 3.23. The van der Waals surface area contributed by atoms with Gasteiger partial charge in [0, 0.05) is 11.3 Å². The van der Waals surface area contributed by atoms with Gasteiger partial charge in [0.25, 0.3) is 15.9 Å². The molecule has 0 aliphatic heterocycles. The van der Waals surface area contributed by atoms with E-state index in [0.29, 0.717) is 16.8 Å². The van der Waals surface area contributed by atoms with Crippen LogP contribution in [0.4, 0.5) is 5.69 Å². The highest BCUT2D eigenvalue weighted by Crippen LogP contribution is 2.26. The first kappa shape index (κ1) is 22.1. The molecule has 1 unspecified atom stereocenters. The third-order valence-electron chi connectivity index (χ3n) is 6.01. The Morgan fingerprint density at radius 2 is 1.62 bits per heavy atom. The first-order valence-electron chi connectivity index (χ1n) is 10.9. The highest BCUT2D eigenvalue weighted by molar-refractivity contribution is 7.92. The van der Waals surface area contributed by atoms with E-state index in [1.807, 2.05) is 26.0 Å². The molecule has 0 heterocycles. The van der Waals surface area contributed by atoms with Crippen LogP contribution in [0.25, 0.3) is 0 Å². The third-order valence-corrected chi connectivity index (χ3v) is 7.54. The zero-order valence-corrected chi connectivity index (χ0v) is 19.4. The fourth-order valence-corrected chi connectivity index (χ4v) is 5.42. The number of sulfonamides is 1. The maximum absolute atomic E-state index is 13.0. The lowest BCUT2D eigenvalue weighted by molar-refractivity contribution is 0.0939. The van der Waals surface area contributed by atoms with Gasteiger partial charge in [-0.2, -0.15) is 0 Å². The van der Waals surface area contributed by atoms with Gasteiger partial charge >= 0.3 is 0 Å². The second kappa shape index (κ2) is 8.79. The average molecular weight is 449 g/mol. The molecule has 32 heavy (non-hydrogen) atoms. The SMILES string of the molecule is Cc1ccc(NS(=O)(=O)c2cc(C(=O)NC(C)c3ccc4c(c3)CCC4)ccc2C)cc1. The lowest BCUT2D eigenvalue weighted by atomic mass is 10.0. The van der Waals surface area contributed by atoms with Crippen molar-refractivity contribution in [3.63, 3.8) is 0 Å². The summed E-state index contributed by atoms with van der Waals surface area (Å²) < 4.78 is 28.6. The van der Waals surface area contributed by atoms with Gasteiger partial charge in [-0.1, -0.05) is 42.0 Å². The predicted molar refractivity (Wildman–Crippen MR) is 128 cm³/mol. The van der Waals surface area contributed by atoms with Crippen LogP contribution in [0.3, 0.4) is 0 Å². The monoisotopic (exact) mass is 448 g/mol. The predicted octanol–water partition coefficient (Wildman–Crippen LogP) is 5.08. The largest absolute Gasteiger partial charge is 0.346 e. The molecule has 6 heteroatoms. The maximum Gasteiger partial charge on any atom is 0.262 e. The maximum atomic E-state index is 13.0. The van der Waals surface area contributed by atoms with E-state index in [1.165, 1.54) is 23.6 Å². The topological polar surface area (TPSA) is 75.3 Å². The van der Waals surface area contributed by atoms with Crippen molar-refractivity contribution in [2.24, 2.45) is 0 Å². The molecule has 2 N–H and O–H groups in total. The van der Waals surface area contributed by atoms with Gasteiger partial charge in [-0.3, -0.25) is 9.52 Å². The Balaban J connectivity index is 1.53. The zero-order valence-electron chi connectivity index (χ0n) is 18.6. The van der Waals surface area contributed by atoms with Gasteiger partial charge < -0.3 is 5.32 Å². The Bertz CT molecular complexity index is 1260. The molecule has 0 saturated carbocycles. The van der Waals surface area contributed by atoms with Crippen LogP contribution < -0.4 is 10.0 Å². The Labute approximate surface area is 189 Å². The molecule has 0 spiro atoms. The third kappa shape index (κ3) is 4.70. The number of carbonyl (C=O) groups excluding carboxylic acids is 1. The normalized spacial score (nSPS) is 14.0. The quantitative estimate of drug-likeness (QED) is 0.552. The summed E-state index contributed by atoms with van der Waals surface area (Å²) in [6.45, 7) is 5.60. The molecule has 1 aliphatic carbocycles. The summed E-state index contributed by atoms with van der Waals surface area (Å²) in [5, 5.41) is 3.00. The van der Waals surface area contributed by atoms with E-state index in [0.717, 1.165) is 24.0 Å². The second-order valence-corrected chi connectivity index (χ2v) is 10.2. The van der Waals surface area contributed by atoms with E-state index in [4.69, 9.17) is 0 Å². The number of benzene rings is 3. The van der Waals surface area contributed by atoms with Crippen molar-refractivity contribution in [2.45, 2.75) is 51.0 Å². The van der Waals surface area contributed by atoms with Crippen LogP contribution >= 0.6 is 0 Å². The molecule has 0 aromatic heterocycles. The minimum absolute atomic E-state index is 0.0934. The lowest BCUT2D eigenvalue weighted by Crippen LogP contribution is -2.27. The van der Waals surface area contributed by atoms with E-state index in [2.05, 4.69) is 28.2 Å². The number of nitrogens with one attached hydrogen (secondary N) is 2. The van der Waals surface area contributed by atoms with Crippen molar-refractivity contribution >= 4 is 21.6 Å². The Morgan fingerprint density at radius 3 is 2.38 bits per heavy atom. The van der Waals surface area contributed by atoms with E-state index in [9.17, 15) is 13.2 Å². The van der Waals surface area contributed by atoms with Gasteiger partial charge in [0.1, 0.15) is 0 Å². The first-order valence-corrected chi connectivity index (χ1v) is 12.3. The van der Waals surface area contributed by atoms with Crippen LogP contribution in [0.2, 0.25) is 0 Å². The summed E-state index contributed by atoms with van der Waals surface area (Å²) in [6.07, 6.45) is 3.38. The molecule has 0 radical (unpaired) electrons. The van der Waals surface area contributed by atoms with E-state index >= 15 is 0 Å². The van der Waals surface area contributed by atoms with Crippen LogP contribution in [0, 0.1) is 13.8 Å². The van der Waals surface area contributed by atoms with Crippen molar-refractivity contribution in [3.05, 3.63) is 94.0 Å². The smallest absolute Gasteiger partial charge is 0.262 e. The van der Waals surface area contributed by atoms with Crippen molar-refractivity contribution in [3.8, 4) is 0 Å². The number of hydrogen-bond donors (Lipinski definition) is 2. The minimum Gasteiger partial charge on any atom is -0.346 e. The number of anilines is 1. The Morgan fingerprint density at radius 1 is 0.906 bits per heavy atom. The molecule has 1 atom stereocenters. The van der Waals surface area contributed by atoms with Gasteiger partial charge in [0.2, 0.25) is 0 Å². The standard InChI is InChI=1S/C26H28N2O3S/c1-17-7-13-24(14-8-17)28-32(30,31)25-16-23(10-9-18(25)2)26(29)27-19(3)21-12-11-20-5-4-6-22(20)15-21/h7-16,19,28H,4-6H2,1-3H3,(H,27,29). The Hall–Kier alpha value is -3.12. The molecule has 5 nitrogen and oxygen atoms in total. The van der Waals surface area contributed by atoms with Gasteiger partial charge in [-0.25, -0.2) is 8.42 Å². The molecule has 3 aromatic carbocycles. The van der Waals surface area contributed by atoms with Gasteiger partial charge in [-0.15, -0.1) is 0 Å². The Kier molecular flexibility index (Phi) is 6.07. The van der Waals surface area contributed by atoms with Crippen molar-refractivity contribution in [2.75, 3.05) is 4.72 Å². The number of fused-ring (bicyclic) bond motifs is 1. The van der Waals surface area contributed by atoms with Gasteiger partial charge in [-0.05, 0) is 86.6 Å². The second-order valence-electron chi connectivity index (χ2n) is 8.53. The molecule has 1 amide bonds. The van der Waals surface area contributed by atoms with Gasteiger partial charge in [0.05, 0.1) is 10.9 Å². The number of carbonyl (C=O) groups is 1. The molecule has 0 saturated heterocycles. The van der Waals surface area contributed by atoms with Crippen molar-refractivity contribution < 1.29 is 13.2 Å². The summed E-state index contributed by atoms with van der Waals surface area (Å²) in [4.78, 5) is 13.0. The van der Waals surface area contributed by atoms with E-state index in [-0.39, 0.29) is 16.8 Å². The highest BCUT2D eigenvalue weighted by Gasteiger charge is 2.21. The van der Waals surface area contributed by atoms with Gasteiger partial charge in [0.15, 0.2) is 0 Å². The number of hydrogen-bond acceptors (Lipinski definition) is 3. The molecule has 0 fully saturated rings. The molecule has 1 aliphatic rings. The summed E-state index contributed by atoms with van der Waals surface area (Å²) in [6, 6.07) is 18.1. The fourth-order valence-electron chi connectivity index (χ4n) is 4.09. The fraction of sp³-hybridized carbons (Fsp3) is 0.269. The minimum atomic E-state index is -3.83. The highest BCUT2D eigenvalue weighted by atomic mass is 32.2. The van der Waals surface area contributed by atoms with Crippen LogP contribution in [0.5, 0.6) is 0 Å². The van der Waals surface area contributed by atoms with E-state index in [1.54, 1.807) is 31.2 Å². The molecule has 3 aromatic rings. The summed E-state index contributed by atoms with van der Waals surface area (Å²) in [5.74, 6) is -0.301. The summed E-state index contributed by atoms with van der Waals surface area (Å²) >= 11 is 0. The zero-order chi connectivity index (χ0) is 22.9. The molecule has 0 bridgehead atoms.